The molecule has 2 N–H and O–H groups in total. The number of hydrogen-bond acceptors (Lipinski definition) is 2. The summed E-state index contributed by atoms with van der Waals surface area (Å²) in [6.45, 7) is 0. The molecule has 0 fully saturated rings. The number of ether oxygens (including phenoxy) is 1. The van der Waals surface area contributed by atoms with Crippen LogP contribution in [0.1, 0.15) is 10.4 Å². The van der Waals surface area contributed by atoms with Gasteiger partial charge in [0.2, 0.25) is 0 Å². The Balaban J connectivity index is 1.88. The van der Waals surface area contributed by atoms with E-state index in [0.717, 1.165) is 15.4 Å². The van der Waals surface area contributed by atoms with E-state index in [1.54, 1.807) is 19.2 Å². The first-order valence-electron chi connectivity index (χ1n) is 6.39. The monoisotopic (exact) mass is 344 g/mol. The average Bonchev–Trinajstić information content (AvgIpc) is 2.96. The van der Waals surface area contributed by atoms with Crippen LogP contribution in [0.2, 0.25) is 0 Å². The van der Waals surface area contributed by atoms with Crippen LogP contribution in [0.25, 0.3) is 10.9 Å². The van der Waals surface area contributed by atoms with Crippen LogP contribution in [0.5, 0.6) is 5.75 Å². The van der Waals surface area contributed by atoms with Crippen LogP contribution in [-0.2, 0) is 0 Å². The summed E-state index contributed by atoms with van der Waals surface area (Å²) < 4.78 is 5.97. The molecule has 0 radical (unpaired) electrons. The van der Waals surface area contributed by atoms with Crippen LogP contribution < -0.4 is 10.1 Å². The summed E-state index contributed by atoms with van der Waals surface area (Å²) in [5.74, 6) is 0.529. The highest BCUT2D eigenvalue weighted by molar-refractivity contribution is 9.10. The first kappa shape index (κ1) is 13.7. The number of carbonyl (C=O) groups is 1. The number of H-pyrrole nitrogens is 1. The Kier molecular flexibility index (Phi) is 3.66. The Morgan fingerprint density at radius 3 is 2.86 bits per heavy atom. The number of halogens is 1. The lowest BCUT2D eigenvalue weighted by Crippen LogP contribution is -2.12. The first-order chi connectivity index (χ1) is 10.2. The van der Waals surface area contributed by atoms with Gasteiger partial charge in [-0.2, -0.15) is 0 Å². The maximum atomic E-state index is 12.3. The molecule has 0 unspecified atom stereocenters. The summed E-state index contributed by atoms with van der Waals surface area (Å²) in [6.07, 6.45) is 1.85. The van der Waals surface area contributed by atoms with E-state index in [1.807, 2.05) is 36.5 Å². The van der Waals surface area contributed by atoms with E-state index in [1.165, 1.54) is 0 Å². The van der Waals surface area contributed by atoms with Crippen LogP contribution in [0.4, 0.5) is 5.69 Å². The zero-order valence-corrected chi connectivity index (χ0v) is 12.9. The smallest absolute Gasteiger partial charge is 0.255 e. The highest BCUT2D eigenvalue weighted by Gasteiger charge is 2.10. The van der Waals surface area contributed by atoms with Crippen LogP contribution in [-0.4, -0.2) is 18.0 Å². The second-order valence-electron chi connectivity index (χ2n) is 4.58. The minimum Gasteiger partial charge on any atom is -0.497 e. The molecule has 0 aliphatic heterocycles. The molecule has 3 aromatic rings. The van der Waals surface area contributed by atoms with Gasteiger partial charge < -0.3 is 15.0 Å². The average molecular weight is 345 g/mol. The number of amides is 1. The van der Waals surface area contributed by atoms with Crippen molar-refractivity contribution in [1.29, 1.82) is 0 Å². The number of aromatic nitrogens is 1. The van der Waals surface area contributed by atoms with Crippen molar-refractivity contribution in [3.63, 3.8) is 0 Å². The number of rotatable bonds is 3. The van der Waals surface area contributed by atoms with Crippen LogP contribution in [0, 0.1) is 0 Å². The van der Waals surface area contributed by atoms with Gasteiger partial charge in [0, 0.05) is 33.2 Å². The summed E-state index contributed by atoms with van der Waals surface area (Å²) in [4.78, 5) is 15.5. The Morgan fingerprint density at radius 2 is 2.05 bits per heavy atom. The van der Waals surface area contributed by atoms with Crippen LogP contribution in [0.3, 0.4) is 0 Å². The number of nitrogens with one attached hydrogen (secondary N) is 2. The lowest BCUT2D eigenvalue weighted by atomic mass is 10.1. The zero-order chi connectivity index (χ0) is 14.8. The highest BCUT2D eigenvalue weighted by atomic mass is 79.9. The molecule has 0 spiro atoms. The molecule has 4 nitrogen and oxygen atoms in total. The van der Waals surface area contributed by atoms with E-state index in [-0.39, 0.29) is 5.91 Å². The van der Waals surface area contributed by atoms with E-state index >= 15 is 0 Å². The zero-order valence-electron chi connectivity index (χ0n) is 11.3. The second-order valence-corrected chi connectivity index (χ2v) is 5.43. The molecule has 5 heteroatoms. The van der Waals surface area contributed by atoms with Crippen molar-refractivity contribution >= 4 is 38.4 Å². The number of methoxy groups -OCH3 is 1. The molecule has 0 saturated carbocycles. The molecule has 2 aromatic carbocycles. The normalized spacial score (nSPS) is 10.6. The third-order valence-corrected chi connectivity index (χ3v) is 3.93. The molecule has 21 heavy (non-hydrogen) atoms. The van der Waals surface area contributed by atoms with Gasteiger partial charge in [-0.25, -0.2) is 0 Å². The number of carbonyl (C=O) groups excluding carboxylic acids is 1. The minimum absolute atomic E-state index is 0.160. The number of aromatic amines is 1. The first-order valence-corrected chi connectivity index (χ1v) is 7.19. The molecule has 0 aliphatic carbocycles. The lowest BCUT2D eigenvalue weighted by molar-refractivity contribution is 0.102. The Hall–Kier alpha value is -2.27. The Bertz CT molecular complexity index is 811. The molecule has 0 saturated heterocycles. The van der Waals surface area contributed by atoms with Gasteiger partial charge in [0.25, 0.3) is 5.91 Å². The van der Waals surface area contributed by atoms with Crippen molar-refractivity contribution in [3.8, 4) is 5.75 Å². The largest absolute Gasteiger partial charge is 0.497 e. The number of anilines is 1. The third kappa shape index (κ3) is 2.78. The molecular weight excluding hydrogens is 332 g/mol. The van der Waals surface area contributed by atoms with Gasteiger partial charge in [-0.3, -0.25) is 4.79 Å². The summed E-state index contributed by atoms with van der Waals surface area (Å²) >= 11 is 3.42. The van der Waals surface area contributed by atoms with Gasteiger partial charge in [-0.1, -0.05) is 0 Å². The maximum Gasteiger partial charge on any atom is 0.255 e. The van der Waals surface area contributed by atoms with Gasteiger partial charge >= 0.3 is 0 Å². The predicted octanol–water partition coefficient (Wildman–Crippen LogP) is 4.19. The molecule has 106 valence electrons. The van der Waals surface area contributed by atoms with Gasteiger partial charge in [0.15, 0.2) is 0 Å². The predicted molar refractivity (Wildman–Crippen MR) is 86.9 cm³/mol. The maximum absolute atomic E-state index is 12.3. The highest BCUT2D eigenvalue weighted by Crippen LogP contribution is 2.27. The molecule has 0 bridgehead atoms. The van der Waals surface area contributed by atoms with Crippen molar-refractivity contribution in [2.24, 2.45) is 0 Å². The van der Waals surface area contributed by atoms with E-state index in [2.05, 4.69) is 26.2 Å². The van der Waals surface area contributed by atoms with Crippen LogP contribution >= 0.6 is 15.9 Å². The third-order valence-electron chi connectivity index (χ3n) is 3.24. The quantitative estimate of drug-likeness (QED) is 0.748. The summed E-state index contributed by atoms with van der Waals surface area (Å²) in [5, 5.41) is 3.89. The summed E-state index contributed by atoms with van der Waals surface area (Å²) in [6, 6.07) is 12.9. The van der Waals surface area contributed by atoms with Crippen molar-refractivity contribution in [3.05, 3.63) is 58.7 Å². The molecule has 1 amide bonds. The molecule has 3 rings (SSSR count). The van der Waals surface area contributed by atoms with E-state index in [4.69, 9.17) is 4.74 Å². The van der Waals surface area contributed by atoms with E-state index in [9.17, 15) is 4.79 Å². The summed E-state index contributed by atoms with van der Waals surface area (Å²) in [5.41, 5.74) is 2.29. The molecule has 1 aromatic heterocycles. The van der Waals surface area contributed by atoms with Gasteiger partial charge in [0.1, 0.15) is 5.75 Å². The van der Waals surface area contributed by atoms with Crippen molar-refractivity contribution in [2.45, 2.75) is 0 Å². The van der Waals surface area contributed by atoms with Gasteiger partial charge in [-0.05, 0) is 52.3 Å². The number of hydrogen-bond donors (Lipinski definition) is 2. The summed E-state index contributed by atoms with van der Waals surface area (Å²) in [7, 11) is 1.59. The fourth-order valence-corrected chi connectivity index (χ4v) is 2.46. The topological polar surface area (TPSA) is 54.1 Å². The minimum atomic E-state index is -0.160. The van der Waals surface area contributed by atoms with E-state index in [0.29, 0.717) is 17.0 Å². The molecule has 0 aliphatic rings. The SMILES string of the molecule is COc1ccc(Br)c(NC(=O)c2ccc3[nH]ccc3c2)c1. The lowest BCUT2D eigenvalue weighted by Gasteiger charge is -2.09. The van der Waals surface area contributed by atoms with Gasteiger partial charge in [0.05, 0.1) is 12.8 Å². The van der Waals surface area contributed by atoms with Crippen molar-refractivity contribution in [2.75, 3.05) is 12.4 Å². The molecule has 0 atom stereocenters. The Labute approximate surface area is 130 Å². The fourth-order valence-electron chi connectivity index (χ4n) is 2.12. The van der Waals surface area contributed by atoms with Crippen LogP contribution in [0.15, 0.2) is 53.1 Å². The standard InChI is InChI=1S/C16H13BrN2O2/c1-21-12-3-4-13(17)15(9-12)19-16(20)11-2-5-14-10(8-11)6-7-18-14/h2-9,18H,1H3,(H,19,20). The molecule has 1 heterocycles. The van der Waals surface area contributed by atoms with Crippen molar-refractivity contribution < 1.29 is 9.53 Å². The Morgan fingerprint density at radius 1 is 1.19 bits per heavy atom. The second kappa shape index (κ2) is 5.61. The molecular formula is C16H13BrN2O2. The fraction of sp³-hybridized carbons (Fsp3) is 0.0625. The van der Waals surface area contributed by atoms with E-state index < -0.39 is 0 Å². The van der Waals surface area contributed by atoms with Crippen molar-refractivity contribution in [1.82, 2.24) is 4.98 Å². The number of fused-ring (bicyclic) bond motifs is 1. The number of benzene rings is 2. The van der Waals surface area contributed by atoms with Gasteiger partial charge in [-0.15, -0.1) is 0 Å².